The molecule has 1 unspecified atom stereocenters. The minimum atomic E-state index is -5.08. The molecule has 11 heteroatoms. The molecule has 1 spiro atoms. The fraction of sp³-hybridized carbons (Fsp3) is 0.600. The van der Waals surface area contributed by atoms with Crippen molar-refractivity contribution < 1.29 is 32.7 Å². The number of likely N-dealkylation sites (tertiary alicyclic amines) is 3. The lowest BCUT2D eigenvalue weighted by atomic mass is 9.85. The second-order valence-electron chi connectivity index (χ2n) is 8.03. The van der Waals surface area contributed by atoms with Crippen LogP contribution in [-0.4, -0.2) is 81.6 Å². The van der Waals surface area contributed by atoms with E-state index in [1.807, 2.05) is 32.9 Å². The van der Waals surface area contributed by atoms with E-state index in [0.717, 1.165) is 51.0 Å². The summed E-state index contributed by atoms with van der Waals surface area (Å²) >= 11 is 0. The number of hydrogen-bond acceptors (Lipinski definition) is 4. The highest BCUT2D eigenvalue weighted by Gasteiger charge is 2.52. The Hall–Kier alpha value is -2.85. The number of aromatic nitrogens is 1. The van der Waals surface area contributed by atoms with Crippen molar-refractivity contribution in [1.29, 1.82) is 0 Å². The van der Waals surface area contributed by atoms with Crippen molar-refractivity contribution in [3.05, 3.63) is 30.1 Å². The Morgan fingerprint density at radius 1 is 1.06 bits per heavy atom. The van der Waals surface area contributed by atoms with Gasteiger partial charge in [-0.05, 0) is 37.8 Å². The van der Waals surface area contributed by atoms with Crippen molar-refractivity contribution in [2.24, 2.45) is 5.41 Å². The minimum absolute atomic E-state index is 0.125. The second kappa shape index (κ2) is 9.11. The smallest absolute Gasteiger partial charge is 0.475 e. The number of alkyl halides is 3. The van der Waals surface area contributed by atoms with Gasteiger partial charge in [-0.1, -0.05) is 6.07 Å². The molecule has 0 radical (unpaired) electrons. The van der Waals surface area contributed by atoms with Crippen molar-refractivity contribution in [2.75, 3.05) is 32.7 Å². The van der Waals surface area contributed by atoms with Gasteiger partial charge in [0.05, 0.1) is 17.7 Å². The molecule has 4 heterocycles. The second-order valence-corrected chi connectivity index (χ2v) is 8.03. The van der Waals surface area contributed by atoms with Gasteiger partial charge in [0, 0.05) is 38.9 Å². The van der Waals surface area contributed by atoms with Crippen LogP contribution in [0, 0.1) is 5.41 Å². The Bertz CT molecular complexity index is 814. The van der Waals surface area contributed by atoms with Crippen LogP contribution in [0.1, 0.15) is 31.4 Å². The quantitative estimate of drug-likeness (QED) is 0.759. The molecule has 0 saturated carbocycles. The van der Waals surface area contributed by atoms with E-state index in [1.165, 1.54) is 0 Å². The molecule has 1 aromatic heterocycles. The number of nitrogens with zero attached hydrogens (tertiary/aromatic N) is 4. The summed E-state index contributed by atoms with van der Waals surface area (Å²) in [5.41, 5.74) is 0.565. The van der Waals surface area contributed by atoms with Gasteiger partial charge in [-0.3, -0.25) is 9.78 Å². The Morgan fingerprint density at radius 2 is 1.71 bits per heavy atom. The fourth-order valence-electron chi connectivity index (χ4n) is 4.25. The molecule has 4 rings (SSSR count). The molecule has 31 heavy (non-hydrogen) atoms. The molecule has 1 aromatic rings. The normalized spacial score (nSPS) is 23.3. The highest BCUT2D eigenvalue weighted by molar-refractivity contribution is 5.87. The predicted molar refractivity (Wildman–Crippen MR) is 103 cm³/mol. The average Bonchev–Trinajstić information content (AvgIpc) is 3.47. The number of carboxylic acids is 1. The first-order valence-corrected chi connectivity index (χ1v) is 10.2. The molecule has 3 amide bonds. The lowest BCUT2D eigenvalue weighted by Crippen LogP contribution is -2.43. The van der Waals surface area contributed by atoms with Crippen molar-refractivity contribution >= 4 is 17.9 Å². The summed E-state index contributed by atoms with van der Waals surface area (Å²) in [7, 11) is 0. The number of urea groups is 1. The summed E-state index contributed by atoms with van der Waals surface area (Å²) in [6.07, 6.45) is 0.521. The van der Waals surface area contributed by atoms with Gasteiger partial charge in [0.25, 0.3) is 0 Å². The SMILES string of the molecule is O=C(N1CCCC1)N1CCC2(CCN(Cc3ccccn3)C2=O)C1.O=C(O)C(F)(F)F. The Balaban J connectivity index is 0.000000339. The van der Waals surface area contributed by atoms with Crippen molar-refractivity contribution in [1.82, 2.24) is 19.7 Å². The highest BCUT2D eigenvalue weighted by Crippen LogP contribution is 2.41. The van der Waals surface area contributed by atoms with E-state index in [0.29, 0.717) is 19.6 Å². The Morgan fingerprint density at radius 3 is 2.29 bits per heavy atom. The van der Waals surface area contributed by atoms with Crippen LogP contribution in [0.15, 0.2) is 24.4 Å². The third-order valence-corrected chi connectivity index (χ3v) is 5.92. The molecular formula is C20H25F3N4O4. The predicted octanol–water partition coefficient (Wildman–Crippen LogP) is 2.36. The monoisotopic (exact) mass is 442 g/mol. The summed E-state index contributed by atoms with van der Waals surface area (Å²) in [5, 5.41) is 7.12. The van der Waals surface area contributed by atoms with E-state index >= 15 is 0 Å². The van der Waals surface area contributed by atoms with E-state index < -0.39 is 12.1 Å². The number of hydrogen-bond donors (Lipinski definition) is 1. The number of carbonyl (C=O) groups excluding carboxylic acids is 2. The summed E-state index contributed by atoms with van der Waals surface area (Å²) in [6, 6.07) is 5.91. The number of amides is 3. The van der Waals surface area contributed by atoms with Gasteiger partial charge < -0.3 is 19.8 Å². The van der Waals surface area contributed by atoms with Crippen LogP contribution in [0.2, 0.25) is 0 Å². The molecule has 3 aliphatic rings. The molecule has 0 aromatic carbocycles. The van der Waals surface area contributed by atoms with Gasteiger partial charge >= 0.3 is 18.2 Å². The largest absolute Gasteiger partial charge is 0.490 e. The van der Waals surface area contributed by atoms with Gasteiger partial charge in [-0.15, -0.1) is 0 Å². The third kappa shape index (κ3) is 5.26. The van der Waals surface area contributed by atoms with Crippen molar-refractivity contribution in [3.8, 4) is 0 Å². The lowest BCUT2D eigenvalue weighted by Gasteiger charge is -2.26. The van der Waals surface area contributed by atoms with E-state index in [9.17, 15) is 22.8 Å². The molecule has 3 saturated heterocycles. The topological polar surface area (TPSA) is 94.1 Å². The van der Waals surface area contributed by atoms with Gasteiger partial charge in [0.1, 0.15) is 0 Å². The number of pyridine rings is 1. The molecule has 3 fully saturated rings. The lowest BCUT2D eigenvalue weighted by molar-refractivity contribution is -0.192. The Labute approximate surface area is 177 Å². The molecule has 0 aliphatic carbocycles. The minimum Gasteiger partial charge on any atom is -0.475 e. The van der Waals surface area contributed by atoms with E-state index in [4.69, 9.17) is 9.90 Å². The van der Waals surface area contributed by atoms with Crippen LogP contribution in [0.3, 0.4) is 0 Å². The fourth-order valence-corrected chi connectivity index (χ4v) is 4.25. The van der Waals surface area contributed by atoms with Crippen LogP contribution >= 0.6 is 0 Å². The van der Waals surface area contributed by atoms with Crippen LogP contribution < -0.4 is 0 Å². The maximum atomic E-state index is 13.0. The zero-order valence-electron chi connectivity index (χ0n) is 17.0. The maximum absolute atomic E-state index is 13.0. The van der Waals surface area contributed by atoms with Crippen LogP contribution in [0.25, 0.3) is 0 Å². The van der Waals surface area contributed by atoms with Crippen LogP contribution in [-0.2, 0) is 16.1 Å². The molecule has 1 N–H and O–H groups in total. The maximum Gasteiger partial charge on any atom is 0.490 e. The van der Waals surface area contributed by atoms with Crippen LogP contribution in [0.4, 0.5) is 18.0 Å². The molecule has 8 nitrogen and oxygen atoms in total. The first-order valence-electron chi connectivity index (χ1n) is 10.2. The average molecular weight is 442 g/mol. The van der Waals surface area contributed by atoms with Gasteiger partial charge in [-0.25, -0.2) is 9.59 Å². The molecule has 1 atom stereocenters. The first-order chi connectivity index (χ1) is 14.6. The number of rotatable bonds is 2. The van der Waals surface area contributed by atoms with Gasteiger partial charge in [0.15, 0.2) is 0 Å². The zero-order chi connectivity index (χ0) is 22.6. The van der Waals surface area contributed by atoms with E-state index in [-0.39, 0.29) is 17.4 Å². The highest BCUT2D eigenvalue weighted by atomic mass is 19.4. The van der Waals surface area contributed by atoms with E-state index in [2.05, 4.69) is 4.98 Å². The van der Waals surface area contributed by atoms with Gasteiger partial charge in [-0.2, -0.15) is 13.2 Å². The molecule has 3 aliphatic heterocycles. The number of carboxylic acid groups (broad SMARTS) is 1. The summed E-state index contributed by atoms with van der Waals surface area (Å²) in [4.78, 5) is 44.5. The third-order valence-electron chi connectivity index (χ3n) is 5.92. The first kappa shape index (κ1) is 22.8. The number of halogens is 3. The molecule has 0 bridgehead atoms. The van der Waals surface area contributed by atoms with Crippen molar-refractivity contribution in [3.63, 3.8) is 0 Å². The standard InChI is InChI=1S/C18H24N4O2.C2HF3O2/c23-16-18(6-11-21(16)13-15-5-1-2-8-19-15)7-12-22(14-18)17(24)20-9-3-4-10-20;3-2(4,5)1(6)7/h1-2,5,8H,3-4,6-7,9-14H2;(H,6,7). The summed E-state index contributed by atoms with van der Waals surface area (Å²) < 4.78 is 31.7. The zero-order valence-corrected chi connectivity index (χ0v) is 17.0. The van der Waals surface area contributed by atoms with E-state index in [1.54, 1.807) is 6.20 Å². The molecular weight excluding hydrogens is 417 g/mol. The van der Waals surface area contributed by atoms with Gasteiger partial charge in [0.2, 0.25) is 5.91 Å². The number of aliphatic carboxylic acids is 1. The van der Waals surface area contributed by atoms with Crippen LogP contribution in [0.5, 0.6) is 0 Å². The Kier molecular flexibility index (Phi) is 6.71. The van der Waals surface area contributed by atoms with Crippen molar-refractivity contribution in [2.45, 2.75) is 38.4 Å². The molecule has 170 valence electrons. The summed E-state index contributed by atoms with van der Waals surface area (Å²) in [6.45, 7) is 4.35. The summed E-state index contributed by atoms with van der Waals surface area (Å²) in [5.74, 6) is -2.56. The number of carbonyl (C=O) groups is 3.